The second kappa shape index (κ2) is 9.35. The van der Waals surface area contributed by atoms with E-state index in [2.05, 4.69) is 5.32 Å². The second-order valence-corrected chi connectivity index (χ2v) is 4.10. The van der Waals surface area contributed by atoms with Gasteiger partial charge in [-0.3, -0.25) is 0 Å². The number of carboxylic acids is 1. The van der Waals surface area contributed by atoms with E-state index in [4.69, 9.17) is 14.6 Å². The first-order valence-corrected chi connectivity index (χ1v) is 6.40. The van der Waals surface area contributed by atoms with Gasteiger partial charge in [-0.2, -0.15) is 0 Å². The minimum absolute atomic E-state index is 0.197. The second-order valence-electron chi connectivity index (χ2n) is 4.10. The number of benzene rings is 1. The Bertz CT molecular complexity index is 381. The lowest BCUT2D eigenvalue weighted by atomic mass is 10.2. The minimum atomic E-state index is -0.969. The molecule has 0 aliphatic rings. The van der Waals surface area contributed by atoms with E-state index >= 15 is 0 Å². The Hall–Kier alpha value is -1.59. The summed E-state index contributed by atoms with van der Waals surface area (Å²) in [5.41, 5.74) is 0.197. The molecule has 106 valence electrons. The summed E-state index contributed by atoms with van der Waals surface area (Å²) in [4.78, 5) is 10.9. The largest absolute Gasteiger partial charge is 0.491 e. The van der Waals surface area contributed by atoms with Gasteiger partial charge in [0.05, 0.1) is 0 Å². The number of rotatable bonds is 10. The molecule has 1 aromatic rings. The molecule has 0 amide bonds. The van der Waals surface area contributed by atoms with Crippen LogP contribution in [0.1, 0.15) is 23.2 Å². The Kier molecular flexibility index (Phi) is 7.62. The van der Waals surface area contributed by atoms with Crippen LogP contribution in [0.2, 0.25) is 0 Å². The van der Waals surface area contributed by atoms with Crippen molar-refractivity contribution in [1.29, 1.82) is 0 Å². The standard InChI is InChI=1S/C14H21NO4/c1-18-10-5-4-8-15-9-11-19-13-7-3-2-6-12(13)14(16)17/h2-3,6-7,15H,4-5,8-11H2,1H3,(H,16,17). The number of aromatic carboxylic acids is 1. The highest BCUT2D eigenvalue weighted by molar-refractivity contribution is 5.90. The van der Waals surface area contributed by atoms with Crippen LogP contribution in [0.25, 0.3) is 0 Å². The molecule has 0 aliphatic carbocycles. The van der Waals surface area contributed by atoms with Crippen molar-refractivity contribution in [3.8, 4) is 5.75 Å². The summed E-state index contributed by atoms with van der Waals surface area (Å²) in [6.07, 6.45) is 2.09. The zero-order valence-electron chi connectivity index (χ0n) is 11.2. The van der Waals surface area contributed by atoms with Gasteiger partial charge in [-0.25, -0.2) is 4.79 Å². The Morgan fingerprint density at radius 1 is 1.21 bits per heavy atom. The fourth-order valence-electron chi connectivity index (χ4n) is 1.62. The van der Waals surface area contributed by atoms with Gasteiger partial charge in [0.25, 0.3) is 0 Å². The lowest BCUT2D eigenvalue weighted by molar-refractivity contribution is 0.0692. The maximum absolute atomic E-state index is 10.9. The topological polar surface area (TPSA) is 67.8 Å². The lowest BCUT2D eigenvalue weighted by Crippen LogP contribution is -2.22. The van der Waals surface area contributed by atoms with E-state index < -0.39 is 5.97 Å². The highest BCUT2D eigenvalue weighted by Gasteiger charge is 2.09. The summed E-state index contributed by atoms with van der Waals surface area (Å²) in [7, 11) is 1.70. The van der Waals surface area contributed by atoms with Gasteiger partial charge in [-0.15, -0.1) is 0 Å². The summed E-state index contributed by atoms with van der Waals surface area (Å²) in [6.45, 7) is 2.84. The molecule has 0 fully saturated rings. The van der Waals surface area contributed by atoms with Crippen LogP contribution in [-0.2, 0) is 4.74 Å². The number of ether oxygens (including phenoxy) is 2. The Morgan fingerprint density at radius 2 is 2.00 bits per heavy atom. The Balaban J connectivity index is 2.17. The van der Waals surface area contributed by atoms with Crippen LogP contribution in [0.15, 0.2) is 24.3 Å². The number of hydrogen-bond donors (Lipinski definition) is 2. The predicted octanol–water partition coefficient (Wildman–Crippen LogP) is 1.78. The number of unbranched alkanes of at least 4 members (excludes halogenated alkanes) is 1. The smallest absolute Gasteiger partial charge is 0.339 e. The normalized spacial score (nSPS) is 10.4. The SMILES string of the molecule is COCCCCNCCOc1ccccc1C(=O)O. The number of hydrogen-bond acceptors (Lipinski definition) is 4. The first kappa shape index (κ1) is 15.5. The molecule has 0 atom stereocenters. The zero-order chi connectivity index (χ0) is 13.9. The van der Waals surface area contributed by atoms with Gasteiger partial charge in [-0.1, -0.05) is 12.1 Å². The Labute approximate surface area is 113 Å². The fourth-order valence-corrected chi connectivity index (χ4v) is 1.62. The molecular formula is C14H21NO4. The van der Waals surface area contributed by atoms with Crippen molar-refractivity contribution >= 4 is 5.97 Å². The summed E-state index contributed by atoms with van der Waals surface area (Å²) < 4.78 is 10.4. The van der Waals surface area contributed by atoms with Crippen LogP contribution >= 0.6 is 0 Å². The highest BCUT2D eigenvalue weighted by atomic mass is 16.5. The first-order valence-electron chi connectivity index (χ1n) is 6.40. The quantitative estimate of drug-likeness (QED) is 0.632. The van der Waals surface area contributed by atoms with E-state index in [0.717, 1.165) is 26.0 Å². The lowest BCUT2D eigenvalue weighted by Gasteiger charge is -2.09. The van der Waals surface area contributed by atoms with Gasteiger partial charge in [0.2, 0.25) is 0 Å². The molecule has 0 aromatic heterocycles. The molecule has 0 spiro atoms. The fraction of sp³-hybridized carbons (Fsp3) is 0.500. The summed E-state index contributed by atoms with van der Waals surface area (Å²) in [5, 5.41) is 12.2. The van der Waals surface area contributed by atoms with Gasteiger partial charge in [0.15, 0.2) is 0 Å². The molecule has 5 heteroatoms. The molecule has 5 nitrogen and oxygen atoms in total. The van der Waals surface area contributed by atoms with Crippen molar-refractivity contribution in [3.05, 3.63) is 29.8 Å². The van der Waals surface area contributed by atoms with Gasteiger partial charge in [0, 0.05) is 20.3 Å². The number of nitrogens with one attached hydrogen (secondary N) is 1. The first-order chi connectivity index (χ1) is 9.25. The van der Waals surface area contributed by atoms with E-state index in [0.29, 0.717) is 18.9 Å². The number of carboxylic acid groups (broad SMARTS) is 1. The summed E-state index contributed by atoms with van der Waals surface area (Å²) in [5.74, 6) is -0.556. The van der Waals surface area contributed by atoms with Crippen LogP contribution in [-0.4, -0.2) is 44.5 Å². The molecule has 0 radical (unpaired) electrons. The maximum atomic E-state index is 10.9. The van der Waals surface area contributed by atoms with E-state index in [-0.39, 0.29) is 5.56 Å². The van der Waals surface area contributed by atoms with Gasteiger partial charge >= 0.3 is 5.97 Å². The molecule has 1 rings (SSSR count). The molecule has 0 saturated carbocycles. The Morgan fingerprint density at radius 3 is 2.74 bits per heavy atom. The molecule has 1 aromatic carbocycles. The van der Waals surface area contributed by atoms with E-state index in [1.807, 2.05) is 0 Å². The molecule has 2 N–H and O–H groups in total. The van der Waals surface area contributed by atoms with Gasteiger partial charge < -0.3 is 19.9 Å². The maximum Gasteiger partial charge on any atom is 0.339 e. The third-order valence-electron chi connectivity index (χ3n) is 2.61. The summed E-state index contributed by atoms with van der Waals surface area (Å²) >= 11 is 0. The zero-order valence-corrected chi connectivity index (χ0v) is 11.2. The number of para-hydroxylation sites is 1. The minimum Gasteiger partial charge on any atom is -0.491 e. The average molecular weight is 267 g/mol. The van der Waals surface area contributed by atoms with Crippen LogP contribution in [0.3, 0.4) is 0 Å². The summed E-state index contributed by atoms with van der Waals surface area (Å²) in [6, 6.07) is 6.65. The van der Waals surface area contributed by atoms with Crippen LogP contribution in [0, 0.1) is 0 Å². The van der Waals surface area contributed by atoms with Crippen molar-refractivity contribution in [2.24, 2.45) is 0 Å². The van der Waals surface area contributed by atoms with Crippen LogP contribution in [0.5, 0.6) is 5.75 Å². The van der Waals surface area contributed by atoms with Crippen molar-refractivity contribution in [3.63, 3.8) is 0 Å². The van der Waals surface area contributed by atoms with E-state index in [1.54, 1.807) is 25.3 Å². The third-order valence-corrected chi connectivity index (χ3v) is 2.61. The van der Waals surface area contributed by atoms with Crippen molar-refractivity contribution in [1.82, 2.24) is 5.32 Å². The van der Waals surface area contributed by atoms with Gasteiger partial charge in [0.1, 0.15) is 17.9 Å². The third kappa shape index (κ3) is 6.22. The number of carbonyl (C=O) groups is 1. The predicted molar refractivity (Wildman–Crippen MR) is 72.9 cm³/mol. The molecule has 19 heavy (non-hydrogen) atoms. The highest BCUT2D eigenvalue weighted by Crippen LogP contribution is 2.17. The van der Waals surface area contributed by atoms with Gasteiger partial charge in [-0.05, 0) is 31.5 Å². The number of methoxy groups -OCH3 is 1. The average Bonchev–Trinajstić information content (AvgIpc) is 2.42. The molecule has 0 unspecified atom stereocenters. The van der Waals surface area contributed by atoms with Crippen LogP contribution < -0.4 is 10.1 Å². The van der Waals surface area contributed by atoms with E-state index in [1.165, 1.54) is 6.07 Å². The molecule has 0 heterocycles. The molecule has 0 saturated heterocycles. The van der Waals surface area contributed by atoms with Crippen molar-refractivity contribution in [2.75, 3.05) is 33.4 Å². The monoisotopic (exact) mass is 267 g/mol. The van der Waals surface area contributed by atoms with Crippen LogP contribution in [0.4, 0.5) is 0 Å². The van der Waals surface area contributed by atoms with E-state index in [9.17, 15) is 4.79 Å². The van der Waals surface area contributed by atoms with Crippen molar-refractivity contribution in [2.45, 2.75) is 12.8 Å². The molecule has 0 bridgehead atoms. The molecular weight excluding hydrogens is 246 g/mol. The molecule has 0 aliphatic heterocycles. The van der Waals surface area contributed by atoms with Crippen molar-refractivity contribution < 1.29 is 19.4 Å².